The van der Waals surface area contributed by atoms with E-state index in [0.717, 1.165) is 25.7 Å². The van der Waals surface area contributed by atoms with E-state index in [-0.39, 0.29) is 25.1 Å². The summed E-state index contributed by atoms with van der Waals surface area (Å²) in [5.41, 5.74) is 0. The molecule has 160 valence electrons. The summed E-state index contributed by atoms with van der Waals surface area (Å²) in [5.74, 6) is -0.615. The van der Waals surface area contributed by atoms with E-state index in [9.17, 15) is 4.79 Å². The van der Waals surface area contributed by atoms with E-state index in [1.807, 2.05) is 0 Å². The van der Waals surface area contributed by atoms with Gasteiger partial charge < -0.3 is 14.9 Å². The molecule has 0 saturated carbocycles. The quantitative estimate of drug-likeness (QED) is 0.201. The van der Waals surface area contributed by atoms with Crippen molar-refractivity contribution in [2.45, 2.75) is 77.7 Å². The van der Waals surface area contributed by atoms with Gasteiger partial charge in [0.1, 0.15) is 6.10 Å². The topological polar surface area (TPSA) is 66.8 Å². The third-order valence-electron chi connectivity index (χ3n) is 4.32. The fraction of sp³-hybridized carbons (Fsp3) is 0.625. The third-order valence-corrected chi connectivity index (χ3v) is 4.32. The normalized spacial score (nSPS) is 13.6. The number of hydrogen-bond donors (Lipinski definition) is 2. The molecule has 4 heteroatoms. The van der Waals surface area contributed by atoms with Gasteiger partial charge in [-0.1, -0.05) is 75.3 Å². The highest BCUT2D eigenvalue weighted by molar-refractivity contribution is 5.72. The van der Waals surface area contributed by atoms with Crippen LogP contribution in [0.2, 0.25) is 0 Å². The molecule has 0 aromatic rings. The summed E-state index contributed by atoms with van der Waals surface area (Å²) in [5, 5.41) is 17.8. The number of ether oxygens (including phenoxy) is 1. The zero-order chi connectivity index (χ0) is 20.9. The summed E-state index contributed by atoms with van der Waals surface area (Å²) in [6.07, 6.45) is 26.0. The van der Waals surface area contributed by atoms with E-state index in [2.05, 4.69) is 55.5 Å². The number of carbonyl (C=O) groups is 1. The van der Waals surface area contributed by atoms with Gasteiger partial charge in [0.05, 0.1) is 19.1 Å². The Morgan fingerprint density at radius 3 is 1.82 bits per heavy atom. The largest absolute Gasteiger partial charge is 0.457 e. The fourth-order valence-electron chi connectivity index (χ4n) is 2.44. The Hall–Kier alpha value is -1.65. The number of aliphatic hydroxyl groups excluding tert-OH is 2. The van der Waals surface area contributed by atoms with Crippen molar-refractivity contribution >= 4 is 5.97 Å². The van der Waals surface area contributed by atoms with Gasteiger partial charge in [-0.05, 0) is 44.9 Å². The van der Waals surface area contributed by atoms with Crippen molar-refractivity contribution in [1.29, 1.82) is 0 Å². The number of allylic oxidation sites excluding steroid dienone is 8. The highest BCUT2D eigenvalue weighted by Gasteiger charge is 2.18. The molecule has 0 spiro atoms. The average molecular weight is 393 g/mol. The van der Waals surface area contributed by atoms with E-state index in [4.69, 9.17) is 14.9 Å². The molecule has 0 unspecified atom stereocenters. The first-order valence-electron chi connectivity index (χ1n) is 10.7. The van der Waals surface area contributed by atoms with Gasteiger partial charge in [0.2, 0.25) is 0 Å². The van der Waals surface area contributed by atoms with Crippen LogP contribution in [-0.4, -0.2) is 35.5 Å². The Labute approximate surface area is 171 Å². The molecule has 2 N–H and O–H groups in total. The van der Waals surface area contributed by atoms with E-state index >= 15 is 0 Å². The molecule has 0 rings (SSSR count). The first-order chi connectivity index (χ1) is 13.7. The Morgan fingerprint density at radius 1 is 0.821 bits per heavy atom. The van der Waals surface area contributed by atoms with E-state index in [0.29, 0.717) is 6.42 Å². The van der Waals surface area contributed by atoms with Gasteiger partial charge in [0, 0.05) is 0 Å². The zero-order valence-corrected chi connectivity index (χ0v) is 17.8. The van der Waals surface area contributed by atoms with Crippen molar-refractivity contribution in [3.63, 3.8) is 0 Å². The number of carbonyl (C=O) groups excluding carboxylic acids is 1. The maximum absolute atomic E-state index is 11.8. The van der Waals surface area contributed by atoms with E-state index in [1.54, 1.807) is 6.92 Å². The van der Waals surface area contributed by atoms with E-state index < -0.39 is 6.10 Å². The SMILES string of the molecule is CCCCC/C=C\C/C=C\C/C=C\C/C=C\CC[C@H](C)C(=O)OC(CO)CO. The second kappa shape index (κ2) is 20.1. The number of esters is 1. The first kappa shape index (κ1) is 26.4. The number of unbranched alkanes of at least 4 members (excludes halogenated alkanes) is 3. The molecule has 4 nitrogen and oxygen atoms in total. The molecular weight excluding hydrogens is 352 g/mol. The van der Waals surface area contributed by atoms with Crippen molar-refractivity contribution in [1.82, 2.24) is 0 Å². The summed E-state index contributed by atoms with van der Waals surface area (Å²) in [4.78, 5) is 11.8. The number of hydrogen-bond acceptors (Lipinski definition) is 4. The predicted molar refractivity (Wildman–Crippen MR) is 117 cm³/mol. The highest BCUT2D eigenvalue weighted by Crippen LogP contribution is 2.10. The lowest BCUT2D eigenvalue weighted by atomic mass is 10.1. The van der Waals surface area contributed by atoms with Crippen LogP contribution >= 0.6 is 0 Å². The van der Waals surface area contributed by atoms with Gasteiger partial charge in [-0.2, -0.15) is 0 Å². The minimum absolute atomic E-state index is 0.244. The third kappa shape index (κ3) is 16.5. The lowest BCUT2D eigenvalue weighted by molar-refractivity contribution is -0.158. The lowest BCUT2D eigenvalue weighted by Crippen LogP contribution is -2.28. The molecule has 0 aromatic carbocycles. The first-order valence-corrected chi connectivity index (χ1v) is 10.7. The maximum atomic E-state index is 11.8. The molecule has 0 heterocycles. The van der Waals surface area contributed by atoms with Crippen molar-refractivity contribution in [3.8, 4) is 0 Å². The van der Waals surface area contributed by atoms with Crippen LogP contribution in [0.5, 0.6) is 0 Å². The second-order valence-electron chi connectivity index (χ2n) is 6.99. The van der Waals surface area contributed by atoms with Crippen LogP contribution in [0.4, 0.5) is 0 Å². The van der Waals surface area contributed by atoms with Crippen LogP contribution < -0.4 is 0 Å². The lowest BCUT2D eigenvalue weighted by Gasteiger charge is -2.16. The molecule has 0 amide bonds. The van der Waals surface area contributed by atoms with Crippen molar-refractivity contribution < 1.29 is 19.7 Å². The Bertz CT molecular complexity index is 473. The van der Waals surface area contributed by atoms with Crippen LogP contribution in [-0.2, 0) is 9.53 Å². The van der Waals surface area contributed by atoms with Gasteiger partial charge in [-0.15, -0.1) is 0 Å². The maximum Gasteiger partial charge on any atom is 0.309 e. The summed E-state index contributed by atoms with van der Waals surface area (Å²) < 4.78 is 5.01. The monoisotopic (exact) mass is 392 g/mol. The molecule has 0 aromatic heterocycles. The standard InChI is InChI=1S/C24H40O4/c1-3-4-5-6-7-8-9-10-11-12-13-14-15-16-17-18-19-22(2)24(27)28-23(20-25)21-26/h7-8,10-11,13-14,16-17,22-23,25-26H,3-6,9,12,15,18-21H2,1-2H3/b8-7-,11-10-,14-13-,17-16-/t22-/m0/s1. The van der Waals surface area contributed by atoms with Gasteiger partial charge in [0.25, 0.3) is 0 Å². The van der Waals surface area contributed by atoms with Gasteiger partial charge in [-0.3, -0.25) is 4.79 Å². The average Bonchev–Trinajstić information content (AvgIpc) is 2.71. The fourth-order valence-corrected chi connectivity index (χ4v) is 2.44. The summed E-state index contributed by atoms with van der Waals surface area (Å²) in [7, 11) is 0. The van der Waals surface area contributed by atoms with Crippen LogP contribution in [0, 0.1) is 5.92 Å². The minimum atomic E-state index is -0.813. The van der Waals surface area contributed by atoms with Crippen molar-refractivity contribution in [2.75, 3.05) is 13.2 Å². The van der Waals surface area contributed by atoms with Crippen LogP contribution in [0.25, 0.3) is 0 Å². The molecule has 0 radical (unpaired) electrons. The van der Waals surface area contributed by atoms with Crippen molar-refractivity contribution in [2.24, 2.45) is 5.92 Å². The van der Waals surface area contributed by atoms with Gasteiger partial charge >= 0.3 is 5.97 Å². The molecule has 0 saturated heterocycles. The van der Waals surface area contributed by atoms with Crippen LogP contribution in [0.3, 0.4) is 0 Å². The Morgan fingerprint density at radius 2 is 1.32 bits per heavy atom. The van der Waals surface area contributed by atoms with Crippen molar-refractivity contribution in [3.05, 3.63) is 48.6 Å². The van der Waals surface area contributed by atoms with Gasteiger partial charge in [0.15, 0.2) is 0 Å². The van der Waals surface area contributed by atoms with Gasteiger partial charge in [-0.25, -0.2) is 0 Å². The number of aliphatic hydroxyl groups is 2. The van der Waals surface area contributed by atoms with Crippen LogP contribution in [0.15, 0.2) is 48.6 Å². The predicted octanol–water partition coefficient (Wildman–Crippen LogP) is 5.27. The Balaban J connectivity index is 3.70. The summed E-state index contributed by atoms with van der Waals surface area (Å²) in [6.45, 7) is 3.32. The zero-order valence-electron chi connectivity index (χ0n) is 17.8. The molecule has 0 aliphatic rings. The minimum Gasteiger partial charge on any atom is -0.457 e. The Kier molecular flexibility index (Phi) is 18.9. The molecule has 0 bridgehead atoms. The summed E-state index contributed by atoms with van der Waals surface area (Å²) >= 11 is 0. The molecule has 28 heavy (non-hydrogen) atoms. The number of rotatable bonds is 17. The second-order valence-corrected chi connectivity index (χ2v) is 6.99. The molecule has 0 aliphatic carbocycles. The summed E-state index contributed by atoms with van der Waals surface area (Å²) in [6, 6.07) is 0. The molecule has 1 atom stereocenters. The smallest absolute Gasteiger partial charge is 0.309 e. The molecule has 0 aliphatic heterocycles. The van der Waals surface area contributed by atoms with Crippen LogP contribution in [0.1, 0.15) is 71.6 Å². The highest BCUT2D eigenvalue weighted by atomic mass is 16.6. The molecular formula is C24H40O4. The van der Waals surface area contributed by atoms with E-state index in [1.165, 1.54) is 25.7 Å². The molecule has 0 fully saturated rings.